The molecule has 0 bridgehead atoms. The molecule has 1 unspecified atom stereocenters. The van der Waals surface area contributed by atoms with Gasteiger partial charge in [-0.25, -0.2) is 8.42 Å². The van der Waals surface area contributed by atoms with Crippen molar-refractivity contribution in [3.8, 4) is 0 Å². The van der Waals surface area contributed by atoms with E-state index in [0.717, 1.165) is 12.2 Å². The Hall–Kier alpha value is 0.220. The number of likely N-dealkylation sites (N-methyl/N-ethyl adjacent to an activating group) is 1. The lowest BCUT2D eigenvalue weighted by Crippen LogP contribution is -2.29. The van der Waals surface area contributed by atoms with Gasteiger partial charge >= 0.3 is 0 Å². The van der Waals surface area contributed by atoms with Crippen LogP contribution in [0.4, 0.5) is 0 Å². The van der Waals surface area contributed by atoms with Gasteiger partial charge in [-0.15, -0.1) is 0 Å². The molecular weight excluding hydrogens is 222 g/mol. The zero-order valence-electron chi connectivity index (χ0n) is 8.69. The average Bonchev–Trinajstić information content (AvgIpc) is 2.09. The second-order valence-corrected chi connectivity index (χ2v) is 6.68. The minimum Gasteiger partial charge on any atom is -0.395 e. The molecule has 0 aromatic carbocycles. The molecule has 14 heavy (non-hydrogen) atoms. The lowest BCUT2D eigenvalue weighted by atomic mass is 10.2. The fourth-order valence-electron chi connectivity index (χ4n) is 0.865. The first-order valence-electron chi connectivity index (χ1n) is 4.53. The second kappa shape index (κ2) is 7.50. The number of aliphatic hydroxyl groups excluding tert-OH is 1. The summed E-state index contributed by atoms with van der Waals surface area (Å²) in [7, 11) is -1.01. The maximum Gasteiger partial charge on any atom is 0.148 e. The summed E-state index contributed by atoms with van der Waals surface area (Å²) in [5, 5.41) is 11.8. The SMILES string of the molecule is CNC(CO)CCSCCS(C)(=O)=O. The molecule has 0 aliphatic rings. The monoisotopic (exact) mass is 241 g/mol. The van der Waals surface area contributed by atoms with Crippen LogP contribution in [0.15, 0.2) is 0 Å². The summed E-state index contributed by atoms with van der Waals surface area (Å²) in [5.41, 5.74) is 0. The van der Waals surface area contributed by atoms with E-state index in [2.05, 4.69) is 5.32 Å². The molecule has 0 rings (SSSR count). The number of hydrogen-bond donors (Lipinski definition) is 2. The second-order valence-electron chi connectivity index (χ2n) is 3.20. The fraction of sp³-hybridized carbons (Fsp3) is 1.00. The van der Waals surface area contributed by atoms with E-state index in [-0.39, 0.29) is 18.4 Å². The van der Waals surface area contributed by atoms with Gasteiger partial charge in [-0.2, -0.15) is 11.8 Å². The standard InChI is InChI=1S/C8H19NO3S2/c1-9-8(7-10)3-4-13-5-6-14(2,11)12/h8-10H,3-7H2,1-2H3. The van der Waals surface area contributed by atoms with Crippen LogP contribution >= 0.6 is 11.8 Å². The number of rotatable bonds is 8. The Balaban J connectivity index is 3.38. The maximum absolute atomic E-state index is 10.8. The van der Waals surface area contributed by atoms with Gasteiger partial charge in [0.1, 0.15) is 9.84 Å². The Morgan fingerprint density at radius 3 is 2.50 bits per heavy atom. The molecule has 6 heteroatoms. The quantitative estimate of drug-likeness (QED) is 0.573. The number of aliphatic hydroxyl groups is 1. The molecule has 1 atom stereocenters. The molecule has 0 heterocycles. The average molecular weight is 241 g/mol. The molecule has 0 aromatic heterocycles. The van der Waals surface area contributed by atoms with Crippen molar-refractivity contribution in [1.29, 1.82) is 0 Å². The molecule has 2 N–H and O–H groups in total. The van der Waals surface area contributed by atoms with Gasteiger partial charge in [0.25, 0.3) is 0 Å². The highest BCUT2D eigenvalue weighted by atomic mass is 32.2. The lowest BCUT2D eigenvalue weighted by Gasteiger charge is -2.11. The van der Waals surface area contributed by atoms with Crippen LogP contribution in [0.5, 0.6) is 0 Å². The third kappa shape index (κ3) is 8.80. The highest BCUT2D eigenvalue weighted by Crippen LogP contribution is 2.05. The zero-order chi connectivity index (χ0) is 11.0. The van der Waals surface area contributed by atoms with Crippen LogP contribution in [0.2, 0.25) is 0 Å². The molecule has 86 valence electrons. The van der Waals surface area contributed by atoms with Gasteiger partial charge in [-0.3, -0.25) is 0 Å². The summed E-state index contributed by atoms with van der Waals surface area (Å²) in [5.74, 6) is 1.75. The molecule has 0 aromatic rings. The molecule has 4 nitrogen and oxygen atoms in total. The first kappa shape index (κ1) is 14.2. The Bertz CT molecular complexity index is 225. The van der Waals surface area contributed by atoms with E-state index in [1.54, 1.807) is 11.8 Å². The van der Waals surface area contributed by atoms with Crippen LogP contribution in [-0.2, 0) is 9.84 Å². The van der Waals surface area contributed by atoms with Crippen LogP contribution in [-0.4, -0.2) is 56.7 Å². The summed E-state index contributed by atoms with van der Waals surface area (Å²) in [6.45, 7) is 0.128. The predicted molar refractivity (Wildman–Crippen MR) is 61.6 cm³/mol. The highest BCUT2D eigenvalue weighted by molar-refractivity contribution is 8.00. The van der Waals surface area contributed by atoms with E-state index in [4.69, 9.17) is 5.11 Å². The van der Waals surface area contributed by atoms with Crippen LogP contribution in [0, 0.1) is 0 Å². The van der Waals surface area contributed by atoms with E-state index in [0.29, 0.717) is 5.75 Å². The first-order chi connectivity index (χ1) is 6.49. The smallest absolute Gasteiger partial charge is 0.148 e. The van der Waals surface area contributed by atoms with Crippen LogP contribution in [0.3, 0.4) is 0 Å². The van der Waals surface area contributed by atoms with Crippen molar-refractivity contribution in [1.82, 2.24) is 5.32 Å². The number of nitrogens with one attached hydrogen (secondary N) is 1. The molecule has 0 fully saturated rings. The van der Waals surface area contributed by atoms with Gasteiger partial charge < -0.3 is 10.4 Å². The summed E-state index contributed by atoms with van der Waals surface area (Å²) in [4.78, 5) is 0. The third-order valence-corrected chi connectivity index (χ3v) is 4.06. The van der Waals surface area contributed by atoms with Crippen molar-refractivity contribution in [3.63, 3.8) is 0 Å². The van der Waals surface area contributed by atoms with E-state index < -0.39 is 9.84 Å². The van der Waals surface area contributed by atoms with E-state index in [1.807, 2.05) is 7.05 Å². The lowest BCUT2D eigenvalue weighted by molar-refractivity contribution is 0.246. The molecule has 0 spiro atoms. The Labute approximate surface area is 90.4 Å². The van der Waals surface area contributed by atoms with Gasteiger partial charge in [0.05, 0.1) is 12.4 Å². The highest BCUT2D eigenvalue weighted by Gasteiger charge is 2.05. The van der Waals surface area contributed by atoms with Crippen LogP contribution in [0.25, 0.3) is 0 Å². The number of thioether (sulfide) groups is 1. The molecule has 0 aliphatic carbocycles. The summed E-state index contributed by atoms with van der Waals surface area (Å²) in [6, 6.07) is 0.126. The van der Waals surface area contributed by atoms with Gasteiger partial charge in [-0.1, -0.05) is 0 Å². The topological polar surface area (TPSA) is 66.4 Å². The largest absolute Gasteiger partial charge is 0.395 e. The van der Waals surface area contributed by atoms with Crippen LogP contribution < -0.4 is 5.32 Å². The minimum absolute atomic E-state index is 0.126. The van der Waals surface area contributed by atoms with Crippen LogP contribution in [0.1, 0.15) is 6.42 Å². The number of hydrogen-bond acceptors (Lipinski definition) is 5. The van der Waals surface area contributed by atoms with Crippen molar-refractivity contribution < 1.29 is 13.5 Å². The zero-order valence-corrected chi connectivity index (χ0v) is 10.3. The third-order valence-electron chi connectivity index (χ3n) is 1.84. The first-order valence-corrected chi connectivity index (χ1v) is 7.74. The molecule has 0 aliphatic heterocycles. The van der Waals surface area contributed by atoms with Crippen molar-refractivity contribution in [3.05, 3.63) is 0 Å². The maximum atomic E-state index is 10.8. The van der Waals surface area contributed by atoms with E-state index in [1.165, 1.54) is 6.26 Å². The number of sulfone groups is 1. The summed E-state index contributed by atoms with van der Waals surface area (Å²) >= 11 is 1.61. The van der Waals surface area contributed by atoms with E-state index >= 15 is 0 Å². The van der Waals surface area contributed by atoms with Crippen molar-refractivity contribution in [2.75, 3.05) is 37.2 Å². The molecular formula is C8H19NO3S2. The van der Waals surface area contributed by atoms with Crippen molar-refractivity contribution >= 4 is 21.6 Å². The van der Waals surface area contributed by atoms with E-state index in [9.17, 15) is 8.42 Å². The predicted octanol–water partition coefficient (Wildman–Crippen LogP) is -0.265. The minimum atomic E-state index is -2.82. The molecule has 0 amide bonds. The summed E-state index contributed by atoms with van der Waals surface area (Å²) in [6.07, 6.45) is 2.11. The van der Waals surface area contributed by atoms with Crippen molar-refractivity contribution in [2.45, 2.75) is 12.5 Å². The molecule has 0 saturated heterocycles. The Morgan fingerprint density at radius 1 is 1.43 bits per heavy atom. The normalized spacial score (nSPS) is 14.2. The van der Waals surface area contributed by atoms with Gasteiger partial charge in [0, 0.05) is 18.1 Å². The van der Waals surface area contributed by atoms with Gasteiger partial charge in [-0.05, 0) is 19.2 Å². The summed E-state index contributed by atoms with van der Waals surface area (Å²) < 4.78 is 21.5. The van der Waals surface area contributed by atoms with Gasteiger partial charge in [0.2, 0.25) is 0 Å². The fourth-order valence-corrected chi connectivity index (χ4v) is 3.20. The van der Waals surface area contributed by atoms with Gasteiger partial charge in [0.15, 0.2) is 0 Å². The van der Waals surface area contributed by atoms with Crippen molar-refractivity contribution in [2.24, 2.45) is 0 Å². The molecule has 0 saturated carbocycles. The Kier molecular flexibility index (Phi) is 7.62. The Morgan fingerprint density at radius 2 is 2.07 bits per heavy atom. The molecule has 0 radical (unpaired) electrons.